The largest absolute Gasteiger partial charge is 0.416 e. The Labute approximate surface area is 122 Å². The average Bonchev–Trinajstić information content (AvgIpc) is 2.88. The van der Waals surface area contributed by atoms with E-state index in [0.717, 1.165) is 37.2 Å². The molecule has 1 fully saturated rings. The molecule has 0 spiro atoms. The van der Waals surface area contributed by atoms with Gasteiger partial charge in [0.15, 0.2) is 0 Å². The van der Waals surface area contributed by atoms with Crippen molar-refractivity contribution in [1.29, 1.82) is 0 Å². The van der Waals surface area contributed by atoms with Gasteiger partial charge in [-0.1, -0.05) is 0 Å². The highest BCUT2D eigenvalue weighted by molar-refractivity contribution is 7.89. The third-order valence-corrected chi connectivity index (χ3v) is 5.44. The molecule has 1 aromatic carbocycles. The van der Waals surface area contributed by atoms with Gasteiger partial charge in [-0.05, 0) is 50.2 Å². The Morgan fingerprint density at radius 2 is 1.90 bits per heavy atom. The van der Waals surface area contributed by atoms with Crippen LogP contribution >= 0.6 is 0 Å². The van der Waals surface area contributed by atoms with E-state index in [0.29, 0.717) is 13.1 Å². The van der Waals surface area contributed by atoms with Gasteiger partial charge in [-0.2, -0.15) is 17.5 Å². The van der Waals surface area contributed by atoms with Crippen molar-refractivity contribution in [2.45, 2.75) is 17.5 Å². The van der Waals surface area contributed by atoms with Gasteiger partial charge in [0.05, 0.1) is 10.5 Å². The molecule has 0 unspecified atom stereocenters. The lowest BCUT2D eigenvalue weighted by molar-refractivity contribution is -0.137. The van der Waals surface area contributed by atoms with E-state index in [2.05, 4.69) is 5.32 Å². The predicted octanol–water partition coefficient (Wildman–Crippen LogP) is 1.94. The zero-order valence-electron chi connectivity index (χ0n) is 11.5. The van der Waals surface area contributed by atoms with Gasteiger partial charge in [0.25, 0.3) is 0 Å². The van der Waals surface area contributed by atoms with Crippen molar-refractivity contribution in [3.8, 4) is 0 Å². The summed E-state index contributed by atoms with van der Waals surface area (Å²) in [4.78, 5) is -0.0967. The second kappa shape index (κ2) is 5.94. The first-order valence-corrected chi connectivity index (χ1v) is 8.01. The van der Waals surface area contributed by atoms with Gasteiger partial charge in [-0.15, -0.1) is 0 Å². The van der Waals surface area contributed by atoms with Crippen LogP contribution in [0.5, 0.6) is 0 Å². The Kier molecular flexibility index (Phi) is 4.60. The minimum Gasteiger partial charge on any atom is -0.319 e. The molecule has 0 amide bonds. The van der Waals surface area contributed by atoms with Gasteiger partial charge in [0.2, 0.25) is 10.0 Å². The van der Waals surface area contributed by atoms with Gasteiger partial charge < -0.3 is 5.32 Å². The minimum atomic E-state index is -4.46. The van der Waals surface area contributed by atoms with Crippen LogP contribution in [0.25, 0.3) is 0 Å². The molecule has 21 heavy (non-hydrogen) atoms. The van der Waals surface area contributed by atoms with E-state index < -0.39 is 21.8 Å². The van der Waals surface area contributed by atoms with Crippen LogP contribution in [-0.4, -0.2) is 39.4 Å². The van der Waals surface area contributed by atoms with Crippen LogP contribution in [0.3, 0.4) is 0 Å². The third kappa shape index (κ3) is 3.56. The second-order valence-corrected chi connectivity index (χ2v) is 7.04. The maximum Gasteiger partial charge on any atom is 0.416 e. The monoisotopic (exact) mass is 322 g/mol. The summed E-state index contributed by atoms with van der Waals surface area (Å²) < 4.78 is 63.5. The lowest BCUT2D eigenvalue weighted by Crippen LogP contribution is -2.30. The van der Waals surface area contributed by atoms with Crippen molar-refractivity contribution in [2.75, 3.05) is 26.7 Å². The zero-order chi connectivity index (χ0) is 15.7. The number of benzene rings is 1. The molecule has 0 bridgehead atoms. The number of sulfonamides is 1. The molecule has 1 heterocycles. The molecular formula is C13H17F3N2O2S. The van der Waals surface area contributed by atoms with Crippen molar-refractivity contribution in [3.63, 3.8) is 0 Å². The fourth-order valence-electron chi connectivity index (χ4n) is 2.44. The molecule has 8 heteroatoms. The van der Waals surface area contributed by atoms with E-state index in [-0.39, 0.29) is 10.8 Å². The number of alkyl halides is 3. The van der Waals surface area contributed by atoms with E-state index in [1.165, 1.54) is 4.31 Å². The second-order valence-electron chi connectivity index (χ2n) is 5.10. The van der Waals surface area contributed by atoms with Gasteiger partial charge >= 0.3 is 6.18 Å². The Morgan fingerprint density at radius 3 is 2.43 bits per heavy atom. The van der Waals surface area contributed by atoms with Gasteiger partial charge in [-0.3, -0.25) is 0 Å². The summed E-state index contributed by atoms with van der Waals surface area (Å²) in [5.41, 5.74) is -0.851. The Bertz CT molecular complexity index is 584. The fraction of sp³-hybridized carbons (Fsp3) is 0.538. The molecular weight excluding hydrogens is 305 g/mol. The Hall–Kier alpha value is -1.12. The first-order valence-electron chi connectivity index (χ1n) is 6.57. The number of nitrogens with one attached hydrogen (secondary N) is 1. The molecule has 0 saturated carbocycles. The first kappa shape index (κ1) is 16.3. The molecule has 1 N–H and O–H groups in total. The molecule has 118 valence electrons. The quantitative estimate of drug-likeness (QED) is 0.921. The lowest BCUT2D eigenvalue weighted by atomic mass is 10.1. The molecule has 0 aromatic heterocycles. The number of hydrogen-bond donors (Lipinski definition) is 1. The normalized spacial score (nSPS) is 20.9. The van der Waals surface area contributed by atoms with E-state index in [9.17, 15) is 21.6 Å². The molecule has 1 aliphatic heterocycles. The number of nitrogens with zero attached hydrogens (tertiary/aromatic N) is 1. The summed E-state index contributed by atoms with van der Waals surface area (Å²) in [6.45, 7) is 1.51. The highest BCUT2D eigenvalue weighted by atomic mass is 32.2. The predicted molar refractivity (Wildman–Crippen MR) is 72.2 cm³/mol. The summed E-state index contributed by atoms with van der Waals surface area (Å²) in [6.07, 6.45) is -3.71. The molecule has 2 rings (SSSR count). The maximum atomic E-state index is 12.5. The van der Waals surface area contributed by atoms with E-state index in [4.69, 9.17) is 0 Å². The highest BCUT2D eigenvalue weighted by Gasteiger charge is 2.34. The van der Waals surface area contributed by atoms with Crippen molar-refractivity contribution in [1.82, 2.24) is 9.62 Å². The fourth-order valence-corrected chi connectivity index (χ4v) is 3.97. The molecule has 4 nitrogen and oxygen atoms in total. The average molecular weight is 322 g/mol. The molecule has 1 saturated heterocycles. The van der Waals surface area contributed by atoms with Crippen LogP contribution in [0.1, 0.15) is 12.0 Å². The van der Waals surface area contributed by atoms with Crippen LogP contribution in [0, 0.1) is 5.92 Å². The number of rotatable bonds is 4. The Morgan fingerprint density at radius 1 is 1.29 bits per heavy atom. The van der Waals surface area contributed by atoms with Gasteiger partial charge in [-0.25, -0.2) is 8.42 Å². The van der Waals surface area contributed by atoms with Crippen LogP contribution in [0.2, 0.25) is 0 Å². The topological polar surface area (TPSA) is 49.4 Å². The molecule has 1 aromatic rings. The van der Waals surface area contributed by atoms with Crippen molar-refractivity contribution < 1.29 is 21.6 Å². The summed E-state index contributed by atoms with van der Waals surface area (Å²) >= 11 is 0. The minimum absolute atomic E-state index is 0.0967. The highest BCUT2D eigenvalue weighted by Crippen LogP contribution is 2.31. The molecule has 1 aliphatic rings. The standard InChI is InChI=1S/C13H17F3N2O2S/c1-17-8-10-6-7-18(9-10)21(19,20)12-4-2-11(3-5-12)13(14,15)16/h2-5,10,17H,6-9H2,1H3/t10-/m1/s1. The van der Waals surface area contributed by atoms with E-state index in [1.54, 1.807) is 7.05 Å². The van der Waals surface area contributed by atoms with E-state index >= 15 is 0 Å². The number of hydrogen-bond acceptors (Lipinski definition) is 3. The van der Waals surface area contributed by atoms with Crippen LogP contribution < -0.4 is 5.32 Å². The molecule has 1 atom stereocenters. The Balaban J connectivity index is 2.17. The summed E-state index contributed by atoms with van der Waals surface area (Å²) in [5.74, 6) is 0.235. The van der Waals surface area contributed by atoms with Crippen LogP contribution in [0.15, 0.2) is 29.2 Å². The van der Waals surface area contributed by atoms with E-state index in [1.807, 2.05) is 0 Å². The van der Waals surface area contributed by atoms with Crippen LogP contribution in [0.4, 0.5) is 13.2 Å². The van der Waals surface area contributed by atoms with Crippen molar-refractivity contribution in [3.05, 3.63) is 29.8 Å². The van der Waals surface area contributed by atoms with Crippen LogP contribution in [-0.2, 0) is 16.2 Å². The molecule has 0 aliphatic carbocycles. The van der Waals surface area contributed by atoms with Crippen molar-refractivity contribution >= 4 is 10.0 Å². The zero-order valence-corrected chi connectivity index (χ0v) is 12.3. The summed E-state index contributed by atoms with van der Waals surface area (Å²) in [7, 11) is -1.92. The van der Waals surface area contributed by atoms with Gasteiger partial charge in [0.1, 0.15) is 0 Å². The van der Waals surface area contributed by atoms with Crippen molar-refractivity contribution in [2.24, 2.45) is 5.92 Å². The smallest absolute Gasteiger partial charge is 0.319 e. The number of halogens is 3. The molecule has 0 radical (unpaired) electrons. The van der Waals surface area contributed by atoms with Gasteiger partial charge in [0, 0.05) is 13.1 Å². The third-order valence-electron chi connectivity index (χ3n) is 3.56. The summed E-state index contributed by atoms with van der Waals surface area (Å²) in [6, 6.07) is 3.63. The SMILES string of the molecule is CNC[C@H]1CCN(S(=O)(=O)c2ccc(C(F)(F)F)cc2)C1. The lowest BCUT2D eigenvalue weighted by Gasteiger charge is -2.17. The maximum absolute atomic E-state index is 12.5. The first-order chi connectivity index (χ1) is 9.75. The summed E-state index contributed by atoms with van der Waals surface area (Å²) in [5, 5.41) is 3.00.